The molecule has 0 atom stereocenters. The first-order valence-corrected chi connectivity index (χ1v) is 8.82. The Bertz CT molecular complexity index is 757. The second kappa shape index (κ2) is 7.82. The van der Waals surface area contributed by atoms with Gasteiger partial charge in [-0.05, 0) is 57.3 Å². The molecule has 8 heteroatoms. The van der Waals surface area contributed by atoms with E-state index in [1.165, 1.54) is 14.0 Å². The maximum absolute atomic E-state index is 11.7. The molecular formula is C19H27BN2O5. The predicted octanol–water partition coefficient (Wildman–Crippen LogP) is 2.33. The number of aromatic nitrogens is 1. The number of esters is 1. The fourth-order valence-corrected chi connectivity index (χ4v) is 2.62. The van der Waals surface area contributed by atoms with Crippen molar-refractivity contribution in [2.24, 2.45) is 0 Å². The minimum Gasteiger partial charge on any atom is -0.464 e. The van der Waals surface area contributed by atoms with Gasteiger partial charge in [-0.25, -0.2) is 9.78 Å². The molecule has 1 aromatic rings. The summed E-state index contributed by atoms with van der Waals surface area (Å²) in [5.41, 5.74) is 1.52. The van der Waals surface area contributed by atoms with Gasteiger partial charge in [-0.15, -0.1) is 0 Å². The number of nitrogens with one attached hydrogen (secondary N) is 1. The van der Waals surface area contributed by atoms with Gasteiger partial charge in [0, 0.05) is 19.7 Å². The van der Waals surface area contributed by atoms with Crippen molar-refractivity contribution < 1.29 is 23.6 Å². The summed E-state index contributed by atoms with van der Waals surface area (Å²) in [6, 6.07) is 1.83. The van der Waals surface area contributed by atoms with Crippen LogP contribution in [-0.2, 0) is 18.8 Å². The first-order valence-electron chi connectivity index (χ1n) is 8.82. The number of ether oxygens (including phenoxy) is 1. The number of carbonyl (C=O) groups is 2. The van der Waals surface area contributed by atoms with E-state index in [0.29, 0.717) is 5.56 Å². The van der Waals surface area contributed by atoms with Crippen LogP contribution in [0, 0.1) is 6.92 Å². The normalized spacial score (nSPS) is 18.3. The fourth-order valence-electron chi connectivity index (χ4n) is 2.62. The van der Waals surface area contributed by atoms with Crippen molar-refractivity contribution in [2.45, 2.75) is 52.7 Å². The van der Waals surface area contributed by atoms with Crippen molar-refractivity contribution in [2.75, 3.05) is 13.7 Å². The van der Waals surface area contributed by atoms with Crippen LogP contribution in [0.25, 0.3) is 6.08 Å². The van der Waals surface area contributed by atoms with Gasteiger partial charge < -0.3 is 19.4 Å². The maximum atomic E-state index is 11.7. The summed E-state index contributed by atoms with van der Waals surface area (Å²) < 4.78 is 16.9. The average molecular weight is 374 g/mol. The molecule has 2 heterocycles. The Labute approximate surface area is 160 Å². The van der Waals surface area contributed by atoms with Crippen LogP contribution in [0.4, 0.5) is 0 Å². The molecule has 1 amide bonds. The molecule has 0 bridgehead atoms. The largest absolute Gasteiger partial charge is 0.492 e. The molecule has 27 heavy (non-hydrogen) atoms. The Kier molecular flexibility index (Phi) is 6.12. The highest BCUT2D eigenvalue weighted by Gasteiger charge is 2.52. The molecule has 1 aliphatic heterocycles. The Morgan fingerprint density at radius 3 is 2.33 bits per heavy atom. The maximum Gasteiger partial charge on any atom is 0.492 e. The van der Waals surface area contributed by atoms with E-state index in [1.54, 1.807) is 13.1 Å². The lowest BCUT2D eigenvalue weighted by Gasteiger charge is -2.32. The van der Waals surface area contributed by atoms with Crippen molar-refractivity contribution in [1.82, 2.24) is 10.3 Å². The van der Waals surface area contributed by atoms with Crippen LogP contribution >= 0.6 is 0 Å². The lowest BCUT2D eigenvalue weighted by atomic mass is 9.77. The Morgan fingerprint density at radius 2 is 1.85 bits per heavy atom. The lowest BCUT2D eigenvalue weighted by molar-refractivity contribution is -0.118. The minimum atomic E-state index is -0.595. The van der Waals surface area contributed by atoms with Crippen molar-refractivity contribution >= 4 is 25.1 Å². The van der Waals surface area contributed by atoms with Crippen LogP contribution in [-0.4, -0.2) is 48.8 Å². The van der Waals surface area contributed by atoms with Gasteiger partial charge in [0.2, 0.25) is 5.91 Å². The fraction of sp³-hybridized carbons (Fsp3) is 0.526. The average Bonchev–Trinajstić information content (AvgIpc) is 2.78. The molecule has 1 aliphatic rings. The van der Waals surface area contributed by atoms with Gasteiger partial charge in [0.1, 0.15) is 0 Å². The Morgan fingerprint density at radius 1 is 1.26 bits per heavy atom. The molecule has 1 fully saturated rings. The van der Waals surface area contributed by atoms with Gasteiger partial charge in [-0.2, -0.15) is 0 Å². The van der Waals surface area contributed by atoms with E-state index in [0.717, 1.165) is 11.0 Å². The third-order valence-electron chi connectivity index (χ3n) is 4.93. The monoisotopic (exact) mass is 374 g/mol. The molecule has 1 N–H and O–H groups in total. The molecule has 1 saturated heterocycles. The molecular weight excluding hydrogens is 347 g/mol. The van der Waals surface area contributed by atoms with Gasteiger partial charge in [-0.1, -0.05) is 6.08 Å². The molecule has 0 radical (unpaired) electrons. The number of aryl methyl sites for hydroxylation is 1. The first-order chi connectivity index (χ1) is 12.5. The highest BCUT2D eigenvalue weighted by atomic mass is 16.7. The Balaban J connectivity index is 2.35. The van der Waals surface area contributed by atoms with Crippen molar-refractivity contribution in [3.63, 3.8) is 0 Å². The van der Waals surface area contributed by atoms with Crippen LogP contribution in [0.3, 0.4) is 0 Å². The van der Waals surface area contributed by atoms with E-state index in [1.807, 2.05) is 39.8 Å². The summed E-state index contributed by atoms with van der Waals surface area (Å²) in [7, 11) is 0.726. The zero-order chi connectivity index (χ0) is 20.4. The summed E-state index contributed by atoms with van der Waals surface area (Å²) in [6.45, 7) is 11.4. The summed E-state index contributed by atoms with van der Waals surface area (Å²) in [5.74, 6) is -0.625. The predicted molar refractivity (Wildman–Crippen MR) is 103 cm³/mol. The quantitative estimate of drug-likeness (QED) is 0.629. The molecule has 0 aromatic carbocycles. The number of hydrogen-bond donors (Lipinski definition) is 1. The first kappa shape index (κ1) is 21.1. The third kappa shape index (κ3) is 4.76. The van der Waals surface area contributed by atoms with Gasteiger partial charge in [0.05, 0.1) is 18.3 Å². The molecule has 7 nitrogen and oxygen atoms in total. The molecule has 2 rings (SSSR count). The second-order valence-electron chi connectivity index (χ2n) is 7.64. The summed E-state index contributed by atoms with van der Waals surface area (Å²) in [4.78, 5) is 27.3. The summed E-state index contributed by atoms with van der Waals surface area (Å²) >= 11 is 0. The van der Waals surface area contributed by atoms with E-state index >= 15 is 0 Å². The SMILES string of the molecule is COC(=O)c1ncc(C=C(CNC(C)=O)B2OC(C)(C)C(C)(C)O2)cc1C. The van der Waals surface area contributed by atoms with Crippen LogP contribution < -0.4 is 5.32 Å². The molecule has 0 unspecified atom stereocenters. The zero-order valence-corrected chi connectivity index (χ0v) is 17.0. The smallest absolute Gasteiger partial charge is 0.464 e. The van der Waals surface area contributed by atoms with E-state index in [-0.39, 0.29) is 18.1 Å². The number of amides is 1. The topological polar surface area (TPSA) is 86.8 Å². The van der Waals surface area contributed by atoms with Crippen LogP contribution in [0.15, 0.2) is 17.7 Å². The standard InChI is InChI=1S/C19H27BN2O5/c1-12-8-14(10-22-16(12)17(24)25-7)9-15(11-21-13(2)23)20-26-18(3,4)19(5,6)27-20/h8-10H,11H2,1-7H3,(H,21,23). The van der Waals surface area contributed by atoms with Gasteiger partial charge in [0.15, 0.2) is 5.69 Å². The second-order valence-corrected chi connectivity index (χ2v) is 7.64. The van der Waals surface area contributed by atoms with E-state index in [4.69, 9.17) is 14.0 Å². The van der Waals surface area contributed by atoms with Crippen molar-refractivity contribution in [1.29, 1.82) is 0 Å². The molecule has 0 spiro atoms. The summed E-state index contributed by atoms with van der Waals surface area (Å²) in [6.07, 6.45) is 3.44. The molecule has 1 aromatic heterocycles. The van der Waals surface area contributed by atoms with Crippen LogP contribution in [0.2, 0.25) is 0 Å². The number of methoxy groups -OCH3 is 1. The number of hydrogen-bond acceptors (Lipinski definition) is 6. The van der Waals surface area contributed by atoms with Crippen molar-refractivity contribution in [3.8, 4) is 0 Å². The van der Waals surface area contributed by atoms with E-state index in [2.05, 4.69) is 10.3 Å². The third-order valence-corrected chi connectivity index (χ3v) is 4.93. The van der Waals surface area contributed by atoms with Gasteiger partial charge in [-0.3, -0.25) is 4.79 Å². The lowest BCUT2D eigenvalue weighted by Crippen LogP contribution is -2.41. The number of rotatable bonds is 5. The number of nitrogens with zero attached hydrogens (tertiary/aromatic N) is 1. The van der Waals surface area contributed by atoms with Crippen molar-refractivity contribution in [3.05, 3.63) is 34.6 Å². The van der Waals surface area contributed by atoms with E-state index in [9.17, 15) is 9.59 Å². The minimum absolute atomic E-state index is 0.146. The highest BCUT2D eigenvalue weighted by molar-refractivity contribution is 6.56. The Hall–Kier alpha value is -2.19. The van der Waals surface area contributed by atoms with E-state index < -0.39 is 24.3 Å². The van der Waals surface area contributed by atoms with Crippen LogP contribution in [0.1, 0.15) is 56.2 Å². The molecule has 0 saturated carbocycles. The highest BCUT2D eigenvalue weighted by Crippen LogP contribution is 2.38. The number of pyridine rings is 1. The van der Waals surface area contributed by atoms with Gasteiger partial charge in [0.25, 0.3) is 0 Å². The number of carbonyl (C=O) groups excluding carboxylic acids is 2. The van der Waals surface area contributed by atoms with Gasteiger partial charge >= 0.3 is 13.1 Å². The van der Waals surface area contributed by atoms with Crippen LogP contribution in [0.5, 0.6) is 0 Å². The molecule has 146 valence electrons. The summed E-state index contributed by atoms with van der Waals surface area (Å²) in [5, 5.41) is 2.79. The zero-order valence-electron chi connectivity index (χ0n) is 17.0. The molecule has 0 aliphatic carbocycles.